The van der Waals surface area contributed by atoms with Crippen LogP contribution >= 0.6 is 0 Å². The Hall–Kier alpha value is -2.58. The van der Waals surface area contributed by atoms with E-state index in [1.54, 1.807) is 6.07 Å². The Bertz CT molecular complexity index is 968. The number of hydrogen-bond acceptors (Lipinski definition) is 3. The molecule has 2 aliphatic heterocycles. The number of piperidine rings is 1. The summed E-state index contributed by atoms with van der Waals surface area (Å²) in [5, 5.41) is 3.45. The maximum Gasteiger partial charge on any atom is 0.435 e. The molecule has 9 heteroatoms. The molecule has 2 saturated heterocycles. The average Bonchev–Trinajstić information content (AvgIpc) is 3.16. The number of halogens is 4. The van der Waals surface area contributed by atoms with Crippen LogP contribution in [0.3, 0.4) is 0 Å². The fourth-order valence-corrected chi connectivity index (χ4v) is 5.13. The Morgan fingerprint density at radius 1 is 1.27 bits per heavy atom. The molecule has 4 rings (SSSR count). The zero-order valence-corrected chi connectivity index (χ0v) is 17.1. The van der Waals surface area contributed by atoms with E-state index in [1.165, 1.54) is 24.1 Å². The van der Waals surface area contributed by atoms with Crippen LogP contribution in [0.1, 0.15) is 42.7 Å². The van der Waals surface area contributed by atoms with Gasteiger partial charge in [-0.3, -0.25) is 9.48 Å². The molecule has 5 nitrogen and oxygen atoms in total. The van der Waals surface area contributed by atoms with Crippen molar-refractivity contribution in [2.75, 3.05) is 18.0 Å². The number of aromatic nitrogens is 2. The molecular weight excluding hydrogens is 400 g/mol. The summed E-state index contributed by atoms with van der Waals surface area (Å²) in [7, 11) is 1.37. The van der Waals surface area contributed by atoms with Gasteiger partial charge in [-0.1, -0.05) is 6.07 Å². The number of rotatable bonds is 2. The third kappa shape index (κ3) is 3.54. The van der Waals surface area contributed by atoms with Gasteiger partial charge in [0.1, 0.15) is 5.82 Å². The van der Waals surface area contributed by atoms with E-state index < -0.39 is 23.3 Å². The van der Waals surface area contributed by atoms with Gasteiger partial charge in [0.2, 0.25) is 0 Å². The second kappa shape index (κ2) is 6.99. The first-order valence-electron chi connectivity index (χ1n) is 9.92. The van der Waals surface area contributed by atoms with Crippen molar-refractivity contribution < 1.29 is 22.4 Å². The smallest absolute Gasteiger partial charge is 0.363 e. The highest BCUT2D eigenvalue weighted by atomic mass is 19.4. The first kappa shape index (κ1) is 20.7. The highest BCUT2D eigenvalue weighted by molar-refractivity contribution is 5.95. The van der Waals surface area contributed by atoms with Crippen molar-refractivity contribution in [1.82, 2.24) is 14.7 Å². The van der Waals surface area contributed by atoms with Gasteiger partial charge in [-0.15, -0.1) is 0 Å². The standard InChI is InChI=1S/C21H24F4N4O/c1-20(2)10-13-11-28(19(30)16-12-27(3)26-18(16)21(23,24)25)8-7-17(13)29(20)15-6-4-5-14(22)9-15/h4-6,9,12-13,17H,7-8,10-11H2,1-3H3/t13-,17+/m1/s1. The highest BCUT2D eigenvalue weighted by Gasteiger charge is 2.49. The summed E-state index contributed by atoms with van der Waals surface area (Å²) < 4.78 is 54.7. The zero-order valence-electron chi connectivity index (χ0n) is 17.1. The van der Waals surface area contributed by atoms with Crippen LogP contribution in [0.5, 0.6) is 0 Å². The summed E-state index contributed by atoms with van der Waals surface area (Å²) in [4.78, 5) is 16.6. The second-order valence-corrected chi connectivity index (χ2v) is 8.80. The average molecular weight is 424 g/mol. The number of benzene rings is 1. The molecule has 1 aromatic heterocycles. The number of amides is 1. The van der Waals surface area contributed by atoms with Crippen LogP contribution in [0.25, 0.3) is 0 Å². The van der Waals surface area contributed by atoms with E-state index >= 15 is 0 Å². The molecular formula is C21H24F4N4O. The predicted molar refractivity (Wildman–Crippen MR) is 104 cm³/mol. The Kier molecular flexibility index (Phi) is 4.82. The summed E-state index contributed by atoms with van der Waals surface area (Å²) in [5.41, 5.74) is -1.03. The third-order valence-electron chi connectivity index (χ3n) is 6.14. The minimum atomic E-state index is -4.69. The first-order valence-corrected chi connectivity index (χ1v) is 9.92. The molecule has 2 aromatic rings. The van der Waals surface area contributed by atoms with Crippen molar-refractivity contribution in [3.63, 3.8) is 0 Å². The number of carbonyl (C=O) groups excluding carboxylic acids is 1. The Balaban J connectivity index is 1.58. The molecule has 1 aromatic carbocycles. The lowest BCUT2D eigenvalue weighted by Gasteiger charge is -2.41. The molecule has 0 spiro atoms. The van der Waals surface area contributed by atoms with Crippen molar-refractivity contribution >= 4 is 11.6 Å². The number of alkyl halides is 3. The number of fused-ring (bicyclic) bond motifs is 1. The quantitative estimate of drug-likeness (QED) is 0.682. The van der Waals surface area contributed by atoms with E-state index in [0.29, 0.717) is 19.5 Å². The fourth-order valence-electron chi connectivity index (χ4n) is 5.13. The zero-order chi connectivity index (χ0) is 21.8. The number of carbonyl (C=O) groups is 1. The first-order chi connectivity index (χ1) is 14.0. The third-order valence-corrected chi connectivity index (χ3v) is 6.14. The lowest BCUT2D eigenvalue weighted by molar-refractivity contribution is -0.141. The normalized spacial score (nSPS) is 23.6. The minimum Gasteiger partial charge on any atom is -0.363 e. The molecule has 2 aliphatic rings. The Morgan fingerprint density at radius 2 is 2.00 bits per heavy atom. The second-order valence-electron chi connectivity index (χ2n) is 8.80. The molecule has 30 heavy (non-hydrogen) atoms. The molecule has 2 fully saturated rings. The van der Waals surface area contributed by atoms with Crippen LogP contribution in [0.15, 0.2) is 30.5 Å². The molecule has 0 radical (unpaired) electrons. The SMILES string of the molecule is Cn1cc(C(=O)N2CC[C@H]3[C@@H](C2)CC(C)(C)N3c2cccc(F)c2)c(C(F)(F)F)n1. The minimum absolute atomic E-state index is 0.0898. The van der Waals surface area contributed by atoms with Gasteiger partial charge in [0.25, 0.3) is 5.91 Å². The topological polar surface area (TPSA) is 41.4 Å². The van der Waals surface area contributed by atoms with Gasteiger partial charge in [0, 0.05) is 43.6 Å². The van der Waals surface area contributed by atoms with Crippen LogP contribution in [0.4, 0.5) is 23.2 Å². The van der Waals surface area contributed by atoms with Gasteiger partial charge in [0.15, 0.2) is 5.69 Å². The highest BCUT2D eigenvalue weighted by Crippen LogP contribution is 2.45. The Labute approximate surface area is 172 Å². The summed E-state index contributed by atoms with van der Waals surface area (Å²) >= 11 is 0. The van der Waals surface area contributed by atoms with Crippen LogP contribution in [-0.4, -0.2) is 45.3 Å². The summed E-state index contributed by atoms with van der Waals surface area (Å²) in [5.74, 6) is -0.863. The number of aryl methyl sites for hydroxylation is 1. The van der Waals surface area contributed by atoms with E-state index in [9.17, 15) is 22.4 Å². The summed E-state index contributed by atoms with van der Waals surface area (Å²) in [6.07, 6.45) is -2.18. The molecule has 0 saturated carbocycles. The monoisotopic (exact) mass is 424 g/mol. The van der Waals surface area contributed by atoms with E-state index in [2.05, 4.69) is 23.8 Å². The maximum atomic E-state index is 13.8. The molecule has 0 N–H and O–H groups in total. The molecule has 1 amide bonds. The molecule has 0 aliphatic carbocycles. The lowest BCUT2D eigenvalue weighted by atomic mass is 9.89. The van der Waals surface area contributed by atoms with E-state index in [4.69, 9.17) is 0 Å². The number of likely N-dealkylation sites (tertiary alicyclic amines) is 1. The van der Waals surface area contributed by atoms with Gasteiger partial charge < -0.3 is 9.80 Å². The Morgan fingerprint density at radius 3 is 2.67 bits per heavy atom. The fraction of sp³-hybridized carbons (Fsp3) is 0.524. The summed E-state index contributed by atoms with van der Waals surface area (Å²) in [6.45, 7) is 4.86. The van der Waals surface area contributed by atoms with Crippen molar-refractivity contribution in [1.29, 1.82) is 0 Å². The molecule has 162 valence electrons. The van der Waals surface area contributed by atoms with Gasteiger partial charge >= 0.3 is 6.18 Å². The van der Waals surface area contributed by atoms with Crippen LogP contribution in [-0.2, 0) is 13.2 Å². The molecule has 2 atom stereocenters. The summed E-state index contributed by atoms with van der Waals surface area (Å²) in [6, 6.07) is 6.55. The van der Waals surface area contributed by atoms with Crippen LogP contribution in [0, 0.1) is 11.7 Å². The number of hydrogen-bond donors (Lipinski definition) is 0. The number of nitrogens with zero attached hydrogens (tertiary/aromatic N) is 4. The van der Waals surface area contributed by atoms with Crippen molar-refractivity contribution in [3.8, 4) is 0 Å². The largest absolute Gasteiger partial charge is 0.435 e. The van der Waals surface area contributed by atoms with E-state index in [1.807, 2.05) is 6.07 Å². The number of anilines is 1. The van der Waals surface area contributed by atoms with E-state index in [-0.39, 0.29) is 23.3 Å². The molecule has 3 heterocycles. The van der Waals surface area contributed by atoms with Gasteiger partial charge in [-0.05, 0) is 50.8 Å². The van der Waals surface area contributed by atoms with Crippen molar-refractivity contribution in [3.05, 3.63) is 47.5 Å². The van der Waals surface area contributed by atoms with E-state index in [0.717, 1.165) is 23.0 Å². The maximum absolute atomic E-state index is 13.8. The van der Waals surface area contributed by atoms with Gasteiger partial charge in [0.05, 0.1) is 5.56 Å². The van der Waals surface area contributed by atoms with Gasteiger partial charge in [-0.25, -0.2) is 4.39 Å². The molecule has 0 bridgehead atoms. The van der Waals surface area contributed by atoms with Gasteiger partial charge in [-0.2, -0.15) is 18.3 Å². The predicted octanol–water partition coefficient (Wildman–Crippen LogP) is 4.10. The van der Waals surface area contributed by atoms with Crippen molar-refractivity contribution in [2.24, 2.45) is 13.0 Å². The van der Waals surface area contributed by atoms with Crippen molar-refractivity contribution in [2.45, 2.75) is 44.4 Å². The van der Waals surface area contributed by atoms with Crippen LogP contribution in [0.2, 0.25) is 0 Å². The molecule has 0 unspecified atom stereocenters. The van der Waals surface area contributed by atoms with Crippen LogP contribution < -0.4 is 4.90 Å². The lowest BCUT2D eigenvalue weighted by Crippen LogP contribution is -2.50.